The number of aromatic carboxylic acids is 1. The normalized spacial score (nSPS) is 9.93. The summed E-state index contributed by atoms with van der Waals surface area (Å²) in [5.74, 6) is -0.921. The summed E-state index contributed by atoms with van der Waals surface area (Å²) in [5, 5.41) is 12.0. The van der Waals surface area contributed by atoms with Crippen LogP contribution in [0, 0.1) is 0 Å². The number of pyridine rings is 1. The fourth-order valence-electron chi connectivity index (χ4n) is 1.32. The van der Waals surface area contributed by atoms with Gasteiger partial charge in [-0.15, -0.1) is 0 Å². The van der Waals surface area contributed by atoms with E-state index in [2.05, 4.69) is 17.2 Å². The topological polar surface area (TPSA) is 62.2 Å². The minimum absolute atomic E-state index is 0.279. The molecule has 0 saturated heterocycles. The Bertz CT molecular complexity index is 326. The number of rotatable bonds is 6. The maximum absolute atomic E-state index is 10.8. The fraction of sp³-hybridized carbons (Fsp3) is 0.455. The number of hydrogen-bond acceptors (Lipinski definition) is 3. The average Bonchev–Trinajstić information content (AvgIpc) is 2.25. The van der Waals surface area contributed by atoms with Gasteiger partial charge >= 0.3 is 5.97 Å². The second-order valence-electron chi connectivity index (χ2n) is 3.36. The van der Waals surface area contributed by atoms with Crippen molar-refractivity contribution in [1.29, 1.82) is 0 Å². The molecule has 0 amide bonds. The van der Waals surface area contributed by atoms with Crippen molar-refractivity contribution in [1.82, 2.24) is 4.98 Å². The zero-order valence-electron chi connectivity index (χ0n) is 8.86. The van der Waals surface area contributed by atoms with Crippen LogP contribution in [-0.4, -0.2) is 22.6 Å². The largest absolute Gasteiger partial charge is 0.478 e. The van der Waals surface area contributed by atoms with Gasteiger partial charge in [0.15, 0.2) is 0 Å². The zero-order valence-corrected chi connectivity index (χ0v) is 8.86. The molecular formula is C11H16N2O2. The Hall–Kier alpha value is -1.58. The summed E-state index contributed by atoms with van der Waals surface area (Å²) in [4.78, 5) is 14.7. The van der Waals surface area contributed by atoms with Gasteiger partial charge in [-0.1, -0.05) is 19.8 Å². The monoisotopic (exact) mass is 208 g/mol. The highest BCUT2D eigenvalue weighted by Crippen LogP contribution is 2.13. The number of unbranched alkanes of at least 4 members (excludes halogenated alkanes) is 2. The Morgan fingerprint density at radius 2 is 2.33 bits per heavy atom. The summed E-state index contributed by atoms with van der Waals surface area (Å²) in [6.07, 6.45) is 6.39. The van der Waals surface area contributed by atoms with E-state index in [9.17, 15) is 4.79 Å². The van der Waals surface area contributed by atoms with E-state index in [0.29, 0.717) is 5.69 Å². The number of hydrogen-bond donors (Lipinski definition) is 2. The Morgan fingerprint density at radius 1 is 1.53 bits per heavy atom. The highest BCUT2D eigenvalue weighted by molar-refractivity contribution is 5.93. The third-order valence-electron chi connectivity index (χ3n) is 2.15. The van der Waals surface area contributed by atoms with Crippen molar-refractivity contribution in [2.45, 2.75) is 26.2 Å². The number of anilines is 1. The molecule has 0 aromatic carbocycles. The molecule has 0 bridgehead atoms. The van der Waals surface area contributed by atoms with Crippen LogP contribution in [0.2, 0.25) is 0 Å². The summed E-state index contributed by atoms with van der Waals surface area (Å²) in [6, 6.07) is 1.50. The van der Waals surface area contributed by atoms with E-state index in [1.54, 1.807) is 6.20 Å². The van der Waals surface area contributed by atoms with Crippen molar-refractivity contribution in [3.63, 3.8) is 0 Å². The SMILES string of the molecule is CCCCCNc1cnccc1C(=O)O. The van der Waals surface area contributed by atoms with Crippen molar-refractivity contribution >= 4 is 11.7 Å². The molecule has 0 radical (unpaired) electrons. The molecular weight excluding hydrogens is 192 g/mol. The summed E-state index contributed by atoms with van der Waals surface area (Å²) >= 11 is 0. The molecule has 15 heavy (non-hydrogen) atoms. The lowest BCUT2D eigenvalue weighted by Crippen LogP contribution is -2.07. The van der Waals surface area contributed by atoms with Crippen molar-refractivity contribution in [2.75, 3.05) is 11.9 Å². The summed E-state index contributed by atoms with van der Waals surface area (Å²) in [7, 11) is 0. The molecule has 0 saturated carbocycles. The van der Waals surface area contributed by atoms with Crippen LogP contribution >= 0.6 is 0 Å². The van der Waals surface area contributed by atoms with E-state index < -0.39 is 5.97 Å². The molecule has 0 aliphatic rings. The Labute approximate surface area is 89.3 Å². The van der Waals surface area contributed by atoms with Gasteiger partial charge in [0, 0.05) is 12.7 Å². The van der Waals surface area contributed by atoms with Crippen LogP contribution in [0.4, 0.5) is 5.69 Å². The minimum Gasteiger partial charge on any atom is -0.478 e. The maximum Gasteiger partial charge on any atom is 0.337 e. The molecule has 4 nitrogen and oxygen atoms in total. The van der Waals surface area contributed by atoms with E-state index in [4.69, 9.17) is 5.11 Å². The van der Waals surface area contributed by atoms with Gasteiger partial charge in [-0.3, -0.25) is 4.98 Å². The Kier molecular flexibility index (Phi) is 4.60. The van der Waals surface area contributed by atoms with Gasteiger partial charge < -0.3 is 10.4 Å². The highest BCUT2D eigenvalue weighted by atomic mass is 16.4. The van der Waals surface area contributed by atoms with Crippen LogP contribution in [0.3, 0.4) is 0 Å². The lowest BCUT2D eigenvalue weighted by Gasteiger charge is -2.07. The standard InChI is InChI=1S/C11H16N2O2/c1-2-3-4-6-13-10-8-12-7-5-9(10)11(14)15/h5,7-8,13H,2-4,6H2,1H3,(H,14,15). The summed E-state index contributed by atoms with van der Waals surface area (Å²) in [6.45, 7) is 2.92. The third kappa shape index (κ3) is 3.58. The lowest BCUT2D eigenvalue weighted by atomic mass is 10.2. The van der Waals surface area contributed by atoms with Crippen LogP contribution in [0.15, 0.2) is 18.5 Å². The molecule has 0 atom stereocenters. The second-order valence-corrected chi connectivity index (χ2v) is 3.36. The molecule has 4 heteroatoms. The Balaban J connectivity index is 2.56. The molecule has 0 fully saturated rings. The van der Waals surface area contributed by atoms with Gasteiger partial charge in [-0.05, 0) is 12.5 Å². The van der Waals surface area contributed by atoms with Gasteiger partial charge in [0.1, 0.15) is 0 Å². The van der Waals surface area contributed by atoms with Gasteiger partial charge in [0.25, 0.3) is 0 Å². The van der Waals surface area contributed by atoms with Crippen LogP contribution in [0.25, 0.3) is 0 Å². The first kappa shape index (κ1) is 11.5. The summed E-state index contributed by atoms with van der Waals surface area (Å²) < 4.78 is 0. The number of carboxylic acid groups (broad SMARTS) is 1. The molecule has 82 valence electrons. The minimum atomic E-state index is -0.921. The molecule has 0 aliphatic heterocycles. The molecule has 0 aliphatic carbocycles. The van der Waals surface area contributed by atoms with Crippen molar-refractivity contribution in [2.24, 2.45) is 0 Å². The van der Waals surface area contributed by atoms with Crippen LogP contribution in [0.5, 0.6) is 0 Å². The number of nitrogens with one attached hydrogen (secondary N) is 1. The molecule has 0 spiro atoms. The van der Waals surface area contributed by atoms with Crippen molar-refractivity contribution in [3.8, 4) is 0 Å². The number of carbonyl (C=O) groups is 1. The van der Waals surface area contributed by atoms with Gasteiger partial charge in [0.05, 0.1) is 17.4 Å². The van der Waals surface area contributed by atoms with E-state index in [1.165, 1.54) is 12.3 Å². The quantitative estimate of drug-likeness (QED) is 0.704. The van der Waals surface area contributed by atoms with Gasteiger partial charge in [-0.25, -0.2) is 4.79 Å². The predicted molar refractivity (Wildman–Crippen MR) is 59.2 cm³/mol. The molecule has 1 aromatic rings. The fourth-order valence-corrected chi connectivity index (χ4v) is 1.32. The third-order valence-corrected chi connectivity index (χ3v) is 2.15. The number of aromatic nitrogens is 1. The predicted octanol–water partition coefficient (Wildman–Crippen LogP) is 2.38. The lowest BCUT2D eigenvalue weighted by molar-refractivity contribution is 0.0698. The smallest absolute Gasteiger partial charge is 0.337 e. The first-order chi connectivity index (χ1) is 7.25. The van der Waals surface area contributed by atoms with Crippen LogP contribution in [0.1, 0.15) is 36.5 Å². The molecule has 1 heterocycles. The Morgan fingerprint density at radius 3 is 3.00 bits per heavy atom. The van der Waals surface area contributed by atoms with E-state index >= 15 is 0 Å². The summed E-state index contributed by atoms with van der Waals surface area (Å²) in [5.41, 5.74) is 0.877. The van der Waals surface area contributed by atoms with Gasteiger partial charge in [-0.2, -0.15) is 0 Å². The second kappa shape index (κ2) is 6.01. The first-order valence-corrected chi connectivity index (χ1v) is 5.17. The van der Waals surface area contributed by atoms with Crippen molar-refractivity contribution in [3.05, 3.63) is 24.0 Å². The van der Waals surface area contributed by atoms with Crippen LogP contribution < -0.4 is 5.32 Å². The highest BCUT2D eigenvalue weighted by Gasteiger charge is 2.08. The molecule has 1 aromatic heterocycles. The van der Waals surface area contributed by atoms with Gasteiger partial charge in [0.2, 0.25) is 0 Å². The molecule has 0 unspecified atom stereocenters. The first-order valence-electron chi connectivity index (χ1n) is 5.17. The van der Waals surface area contributed by atoms with E-state index in [-0.39, 0.29) is 5.56 Å². The molecule has 2 N–H and O–H groups in total. The van der Waals surface area contributed by atoms with Crippen molar-refractivity contribution < 1.29 is 9.90 Å². The number of carboxylic acids is 1. The van der Waals surface area contributed by atoms with E-state index in [1.807, 2.05) is 0 Å². The molecule has 1 rings (SSSR count). The van der Waals surface area contributed by atoms with Crippen LogP contribution in [-0.2, 0) is 0 Å². The maximum atomic E-state index is 10.8. The van der Waals surface area contributed by atoms with E-state index in [0.717, 1.165) is 25.8 Å². The zero-order chi connectivity index (χ0) is 11.1. The average molecular weight is 208 g/mol. The number of nitrogens with zero attached hydrogens (tertiary/aromatic N) is 1.